The number of halogens is 1. The van der Waals surface area contributed by atoms with Gasteiger partial charge in [-0.1, -0.05) is 11.6 Å². The summed E-state index contributed by atoms with van der Waals surface area (Å²) in [5.74, 6) is 0.674. The number of carbonyl (C=O) groups is 1. The Morgan fingerprint density at radius 2 is 2.21 bits per heavy atom. The zero-order valence-electron chi connectivity index (χ0n) is 11.0. The van der Waals surface area contributed by atoms with Crippen molar-refractivity contribution in [2.45, 2.75) is 23.5 Å². The fourth-order valence-corrected chi connectivity index (χ4v) is 3.33. The van der Waals surface area contributed by atoms with Crippen LogP contribution in [-0.4, -0.2) is 35.7 Å². The van der Waals surface area contributed by atoms with E-state index >= 15 is 0 Å². The third kappa shape index (κ3) is 3.88. The van der Waals surface area contributed by atoms with E-state index in [-0.39, 0.29) is 11.2 Å². The Labute approximate surface area is 123 Å². The lowest BCUT2D eigenvalue weighted by atomic mass is 10.1. The molecular formula is C14H19ClN2OS. The maximum Gasteiger partial charge on any atom is 0.235 e. The SMILES string of the molecule is CC(Sc1ccc(Cl)cc1)C(=O)N1CCC(CN)C1. The molecule has 2 atom stereocenters. The Hall–Kier alpha value is -0.710. The second-order valence-electron chi connectivity index (χ2n) is 4.89. The zero-order chi connectivity index (χ0) is 13.8. The molecule has 0 aromatic heterocycles. The Morgan fingerprint density at radius 1 is 1.53 bits per heavy atom. The average Bonchev–Trinajstić information content (AvgIpc) is 2.89. The number of hydrogen-bond acceptors (Lipinski definition) is 3. The summed E-state index contributed by atoms with van der Waals surface area (Å²) in [4.78, 5) is 15.3. The lowest BCUT2D eigenvalue weighted by molar-refractivity contribution is -0.129. The van der Waals surface area contributed by atoms with E-state index in [1.54, 1.807) is 11.8 Å². The summed E-state index contributed by atoms with van der Waals surface area (Å²) in [7, 11) is 0. The first-order valence-corrected chi connectivity index (χ1v) is 7.77. The van der Waals surface area contributed by atoms with Crippen molar-refractivity contribution in [3.8, 4) is 0 Å². The van der Waals surface area contributed by atoms with E-state index in [2.05, 4.69) is 0 Å². The van der Waals surface area contributed by atoms with Crippen LogP contribution >= 0.6 is 23.4 Å². The zero-order valence-corrected chi connectivity index (χ0v) is 12.6. The van der Waals surface area contributed by atoms with Gasteiger partial charge in [-0.2, -0.15) is 0 Å². The summed E-state index contributed by atoms with van der Waals surface area (Å²) in [5, 5.41) is 0.645. The molecule has 19 heavy (non-hydrogen) atoms. The lowest BCUT2D eigenvalue weighted by Gasteiger charge is -2.20. The number of nitrogens with two attached hydrogens (primary N) is 1. The van der Waals surface area contributed by atoms with Crippen LogP contribution in [0.15, 0.2) is 29.2 Å². The van der Waals surface area contributed by atoms with Crippen LogP contribution in [0.3, 0.4) is 0 Å². The van der Waals surface area contributed by atoms with Crippen LogP contribution in [0.25, 0.3) is 0 Å². The van der Waals surface area contributed by atoms with Crippen molar-refractivity contribution in [3.63, 3.8) is 0 Å². The Morgan fingerprint density at radius 3 is 2.79 bits per heavy atom. The minimum Gasteiger partial charge on any atom is -0.341 e. The first-order chi connectivity index (χ1) is 9.10. The summed E-state index contributed by atoms with van der Waals surface area (Å²) in [6.45, 7) is 4.27. The van der Waals surface area contributed by atoms with Crippen LogP contribution in [0, 0.1) is 5.92 Å². The van der Waals surface area contributed by atoms with E-state index in [9.17, 15) is 4.79 Å². The van der Waals surface area contributed by atoms with E-state index in [0.29, 0.717) is 17.5 Å². The summed E-state index contributed by atoms with van der Waals surface area (Å²) >= 11 is 7.43. The van der Waals surface area contributed by atoms with Crippen LogP contribution in [0.1, 0.15) is 13.3 Å². The number of benzene rings is 1. The van der Waals surface area contributed by atoms with Gasteiger partial charge in [-0.3, -0.25) is 4.79 Å². The van der Waals surface area contributed by atoms with Gasteiger partial charge in [0.25, 0.3) is 0 Å². The molecule has 0 saturated carbocycles. The Kier molecular flexibility index (Phi) is 5.13. The Balaban J connectivity index is 1.91. The molecule has 104 valence electrons. The summed E-state index contributed by atoms with van der Waals surface area (Å²) < 4.78 is 0. The van der Waals surface area contributed by atoms with Gasteiger partial charge in [-0.05, 0) is 50.1 Å². The fourth-order valence-electron chi connectivity index (χ4n) is 2.25. The minimum atomic E-state index is -0.0716. The monoisotopic (exact) mass is 298 g/mol. The molecule has 1 aliphatic rings. The van der Waals surface area contributed by atoms with Crippen molar-refractivity contribution in [3.05, 3.63) is 29.3 Å². The van der Waals surface area contributed by atoms with Gasteiger partial charge in [-0.15, -0.1) is 11.8 Å². The maximum absolute atomic E-state index is 12.3. The molecule has 2 N–H and O–H groups in total. The molecule has 1 aromatic carbocycles. The van der Waals surface area contributed by atoms with Gasteiger partial charge in [0, 0.05) is 23.0 Å². The van der Waals surface area contributed by atoms with Crippen molar-refractivity contribution in [2.75, 3.05) is 19.6 Å². The third-order valence-electron chi connectivity index (χ3n) is 3.41. The average molecular weight is 299 g/mol. The fraction of sp³-hybridized carbons (Fsp3) is 0.500. The van der Waals surface area contributed by atoms with Crippen molar-refractivity contribution >= 4 is 29.3 Å². The molecular weight excluding hydrogens is 280 g/mol. The number of hydrogen-bond donors (Lipinski definition) is 1. The molecule has 0 spiro atoms. The molecule has 0 bridgehead atoms. The van der Waals surface area contributed by atoms with E-state index in [1.807, 2.05) is 36.1 Å². The molecule has 1 aromatic rings. The van der Waals surface area contributed by atoms with Gasteiger partial charge < -0.3 is 10.6 Å². The van der Waals surface area contributed by atoms with E-state index in [1.165, 1.54) is 0 Å². The van der Waals surface area contributed by atoms with Crippen molar-refractivity contribution in [1.82, 2.24) is 4.90 Å². The summed E-state index contributed by atoms with van der Waals surface area (Å²) in [6, 6.07) is 7.59. The van der Waals surface area contributed by atoms with Crippen LogP contribution in [0.4, 0.5) is 0 Å². The standard InChI is InChI=1S/C14H19ClN2OS/c1-10(19-13-4-2-12(15)3-5-13)14(18)17-7-6-11(8-16)9-17/h2-5,10-11H,6-9,16H2,1H3. The second kappa shape index (κ2) is 6.64. The molecule has 5 heteroatoms. The van der Waals surface area contributed by atoms with Crippen LogP contribution in [-0.2, 0) is 4.79 Å². The van der Waals surface area contributed by atoms with Crippen molar-refractivity contribution < 1.29 is 4.79 Å². The largest absolute Gasteiger partial charge is 0.341 e. The summed E-state index contributed by atoms with van der Waals surface area (Å²) in [6.07, 6.45) is 1.03. The number of thioether (sulfide) groups is 1. The highest BCUT2D eigenvalue weighted by Gasteiger charge is 2.28. The molecule has 3 nitrogen and oxygen atoms in total. The van der Waals surface area contributed by atoms with Crippen LogP contribution < -0.4 is 5.73 Å². The molecule has 1 aliphatic heterocycles. The topological polar surface area (TPSA) is 46.3 Å². The number of rotatable bonds is 4. The van der Waals surface area contributed by atoms with E-state index in [4.69, 9.17) is 17.3 Å². The van der Waals surface area contributed by atoms with Crippen LogP contribution in [0.5, 0.6) is 0 Å². The normalized spacial score (nSPS) is 20.6. The number of nitrogens with zero attached hydrogens (tertiary/aromatic N) is 1. The molecule has 1 heterocycles. The third-order valence-corrected chi connectivity index (χ3v) is 4.76. The molecule has 2 unspecified atom stereocenters. The number of likely N-dealkylation sites (tertiary alicyclic amines) is 1. The second-order valence-corrected chi connectivity index (χ2v) is 6.74. The maximum atomic E-state index is 12.3. The molecule has 0 aliphatic carbocycles. The molecule has 2 rings (SSSR count). The summed E-state index contributed by atoms with van der Waals surface area (Å²) in [5.41, 5.74) is 5.65. The highest BCUT2D eigenvalue weighted by molar-refractivity contribution is 8.00. The van der Waals surface area contributed by atoms with Gasteiger partial charge in [0.15, 0.2) is 0 Å². The number of carbonyl (C=O) groups excluding carboxylic acids is 1. The van der Waals surface area contributed by atoms with Gasteiger partial charge in [0.05, 0.1) is 5.25 Å². The van der Waals surface area contributed by atoms with Gasteiger partial charge in [-0.25, -0.2) is 0 Å². The predicted octanol–water partition coefficient (Wildman–Crippen LogP) is 2.63. The van der Waals surface area contributed by atoms with Crippen molar-refractivity contribution in [2.24, 2.45) is 11.7 Å². The molecule has 1 amide bonds. The molecule has 1 saturated heterocycles. The predicted molar refractivity (Wildman–Crippen MR) is 80.5 cm³/mol. The smallest absolute Gasteiger partial charge is 0.235 e. The van der Waals surface area contributed by atoms with Gasteiger partial charge in [0.1, 0.15) is 0 Å². The highest BCUT2D eigenvalue weighted by Crippen LogP contribution is 2.27. The van der Waals surface area contributed by atoms with Crippen molar-refractivity contribution in [1.29, 1.82) is 0 Å². The van der Waals surface area contributed by atoms with Crippen LogP contribution in [0.2, 0.25) is 5.02 Å². The molecule has 1 fully saturated rings. The first kappa shape index (κ1) is 14.7. The highest BCUT2D eigenvalue weighted by atomic mass is 35.5. The van der Waals surface area contributed by atoms with E-state index in [0.717, 1.165) is 24.4 Å². The number of amides is 1. The first-order valence-electron chi connectivity index (χ1n) is 6.51. The quantitative estimate of drug-likeness (QED) is 0.869. The van der Waals surface area contributed by atoms with E-state index < -0.39 is 0 Å². The Bertz CT molecular complexity index is 438. The molecule has 0 radical (unpaired) electrons. The minimum absolute atomic E-state index is 0.0716. The van der Waals surface area contributed by atoms with Gasteiger partial charge >= 0.3 is 0 Å². The van der Waals surface area contributed by atoms with Gasteiger partial charge in [0.2, 0.25) is 5.91 Å². The lowest BCUT2D eigenvalue weighted by Crippen LogP contribution is -2.35.